The molecule has 0 amide bonds. The van der Waals surface area contributed by atoms with Crippen LogP contribution in [0.3, 0.4) is 0 Å². The van der Waals surface area contributed by atoms with Gasteiger partial charge in [-0.25, -0.2) is 8.78 Å². The summed E-state index contributed by atoms with van der Waals surface area (Å²) < 4.78 is 30.3. The third-order valence-electron chi connectivity index (χ3n) is 2.08. The predicted molar refractivity (Wildman–Crippen MR) is 41.9 cm³/mol. The van der Waals surface area contributed by atoms with E-state index in [2.05, 4.69) is 10.1 Å². The molecular weight excluding hydrogens is 192 g/mol. The van der Waals surface area contributed by atoms with Crippen molar-refractivity contribution in [1.82, 2.24) is 5.32 Å². The smallest absolute Gasteiger partial charge is 0.301 e. The summed E-state index contributed by atoms with van der Waals surface area (Å²) in [6, 6.07) is 0. The molecule has 0 bridgehead atoms. The summed E-state index contributed by atoms with van der Waals surface area (Å²) >= 11 is 0. The Morgan fingerprint density at radius 2 is 2.08 bits per heavy atom. The summed E-state index contributed by atoms with van der Waals surface area (Å²) in [5, 5.41) is 11.0. The van der Waals surface area contributed by atoms with Crippen LogP contribution >= 0.6 is 12.4 Å². The van der Waals surface area contributed by atoms with Gasteiger partial charge in [0.25, 0.3) is 0 Å². The van der Waals surface area contributed by atoms with Gasteiger partial charge in [0, 0.05) is 20.2 Å². The first-order chi connectivity index (χ1) is 5.08. The second kappa shape index (κ2) is 3.83. The molecule has 0 saturated carbocycles. The van der Waals surface area contributed by atoms with Crippen molar-refractivity contribution in [2.24, 2.45) is 0 Å². The number of halogens is 3. The number of aliphatic hydroxyl groups excluding tert-OH is 1. The maximum absolute atomic E-state index is 12.8. The fourth-order valence-corrected chi connectivity index (χ4v) is 1.05. The Balaban J connectivity index is 0.00000121. The summed E-state index contributed by atoms with van der Waals surface area (Å²) in [5.41, 5.74) is -1.48. The predicted octanol–water partition coefficient (Wildman–Crippen LogP) is 0.0242. The van der Waals surface area contributed by atoms with E-state index in [4.69, 9.17) is 5.11 Å². The molecule has 0 aromatic rings. The van der Waals surface area contributed by atoms with Crippen LogP contribution in [-0.2, 0) is 4.74 Å². The lowest BCUT2D eigenvalue weighted by molar-refractivity contribution is -0.232. The number of aliphatic hydroxyl groups is 1. The Hall–Kier alpha value is 0.0300. The van der Waals surface area contributed by atoms with E-state index in [1.807, 2.05) is 0 Å². The molecule has 12 heavy (non-hydrogen) atoms. The fourth-order valence-electron chi connectivity index (χ4n) is 1.05. The first-order valence-electron chi connectivity index (χ1n) is 3.32. The fraction of sp³-hybridized carbons (Fsp3) is 1.00. The maximum Gasteiger partial charge on any atom is 0.301 e. The highest BCUT2D eigenvalue weighted by molar-refractivity contribution is 5.85. The van der Waals surface area contributed by atoms with Crippen molar-refractivity contribution in [3.05, 3.63) is 0 Å². The molecule has 1 rings (SSSR count). The number of ether oxygens (including phenoxy) is 1. The minimum absolute atomic E-state index is 0. The van der Waals surface area contributed by atoms with Gasteiger partial charge in [0.2, 0.25) is 0 Å². The van der Waals surface area contributed by atoms with Gasteiger partial charge in [-0.2, -0.15) is 0 Å². The van der Waals surface area contributed by atoms with Gasteiger partial charge in [0.15, 0.2) is 5.60 Å². The molecule has 6 heteroatoms. The van der Waals surface area contributed by atoms with E-state index in [1.165, 1.54) is 7.11 Å². The van der Waals surface area contributed by atoms with Crippen LogP contribution < -0.4 is 5.32 Å². The number of rotatable bonds is 3. The van der Waals surface area contributed by atoms with Crippen LogP contribution in [0, 0.1) is 0 Å². The zero-order chi connectivity index (χ0) is 8.54. The highest BCUT2D eigenvalue weighted by Gasteiger charge is 2.57. The van der Waals surface area contributed by atoms with Crippen molar-refractivity contribution in [3.63, 3.8) is 0 Å². The lowest BCUT2D eigenvalue weighted by Gasteiger charge is -2.45. The zero-order valence-electron chi connectivity index (χ0n) is 6.64. The van der Waals surface area contributed by atoms with Crippen LogP contribution in [0.5, 0.6) is 0 Å². The molecular formula is C6H12ClF2NO2. The molecule has 0 spiro atoms. The average Bonchev–Trinajstić information content (AvgIpc) is 1.86. The molecule has 0 atom stereocenters. The zero-order valence-corrected chi connectivity index (χ0v) is 7.46. The Kier molecular flexibility index (Phi) is 3.84. The maximum atomic E-state index is 12.8. The van der Waals surface area contributed by atoms with Crippen molar-refractivity contribution in [2.75, 3.05) is 26.8 Å². The normalized spacial score (nSPS) is 21.0. The summed E-state index contributed by atoms with van der Waals surface area (Å²) in [4.78, 5) is 0. The summed E-state index contributed by atoms with van der Waals surface area (Å²) in [5.74, 6) is -3.15. The third kappa shape index (κ3) is 1.54. The Labute approximate surface area is 75.5 Å². The van der Waals surface area contributed by atoms with Gasteiger partial charge < -0.3 is 15.2 Å². The third-order valence-corrected chi connectivity index (χ3v) is 2.08. The highest BCUT2D eigenvalue weighted by atomic mass is 35.5. The number of hydrogen-bond donors (Lipinski definition) is 2. The van der Waals surface area contributed by atoms with Gasteiger partial charge in [-0.15, -0.1) is 12.4 Å². The lowest BCUT2D eigenvalue weighted by Crippen LogP contribution is -2.71. The number of hydrogen-bond acceptors (Lipinski definition) is 3. The molecule has 1 aliphatic heterocycles. The quantitative estimate of drug-likeness (QED) is 0.680. The molecule has 1 fully saturated rings. The van der Waals surface area contributed by atoms with Gasteiger partial charge in [0.05, 0.1) is 0 Å². The van der Waals surface area contributed by atoms with E-state index >= 15 is 0 Å². The lowest BCUT2D eigenvalue weighted by atomic mass is 9.89. The Morgan fingerprint density at radius 3 is 2.17 bits per heavy atom. The second-order valence-corrected chi connectivity index (χ2v) is 2.66. The van der Waals surface area contributed by atoms with Gasteiger partial charge >= 0.3 is 5.92 Å². The van der Waals surface area contributed by atoms with E-state index in [9.17, 15) is 8.78 Å². The number of methoxy groups -OCH3 is 1. The number of alkyl halides is 2. The Bertz CT molecular complexity index is 147. The van der Waals surface area contributed by atoms with Crippen LogP contribution in [0.15, 0.2) is 0 Å². The van der Waals surface area contributed by atoms with E-state index in [0.717, 1.165) is 0 Å². The van der Waals surface area contributed by atoms with Gasteiger partial charge in [-0.1, -0.05) is 0 Å². The molecule has 74 valence electrons. The molecule has 1 heterocycles. The molecule has 1 aliphatic rings. The molecule has 0 aliphatic carbocycles. The number of nitrogens with one attached hydrogen (secondary N) is 1. The minimum atomic E-state index is -3.15. The summed E-state index contributed by atoms with van der Waals surface area (Å²) in [6.07, 6.45) is 0. The summed E-state index contributed by atoms with van der Waals surface area (Å²) in [7, 11) is 1.23. The molecule has 1 saturated heterocycles. The first-order valence-corrected chi connectivity index (χ1v) is 3.32. The van der Waals surface area contributed by atoms with Crippen molar-refractivity contribution in [3.8, 4) is 0 Å². The van der Waals surface area contributed by atoms with Crippen LogP contribution in [0.2, 0.25) is 0 Å². The SMILES string of the molecule is COC1(C(F)(F)CO)CNC1.Cl. The molecule has 0 unspecified atom stereocenters. The largest absolute Gasteiger partial charge is 0.390 e. The molecule has 0 aromatic heterocycles. The van der Waals surface area contributed by atoms with Crippen LogP contribution in [0.1, 0.15) is 0 Å². The van der Waals surface area contributed by atoms with E-state index in [-0.39, 0.29) is 25.5 Å². The molecule has 3 nitrogen and oxygen atoms in total. The average molecular weight is 204 g/mol. The topological polar surface area (TPSA) is 41.5 Å². The Morgan fingerprint density at radius 1 is 1.58 bits per heavy atom. The monoisotopic (exact) mass is 203 g/mol. The van der Waals surface area contributed by atoms with Gasteiger partial charge in [-0.3, -0.25) is 0 Å². The van der Waals surface area contributed by atoms with E-state index in [0.29, 0.717) is 0 Å². The standard InChI is InChI=1S/C6H11F2NO2.ClH/c1-11-5(2-9-3-5)6(7,8)4-10;/h9-10H,2-4H2,1H3;1H. The second-order valence-electron chi connectivity index (χ2n) is 2.66. The van der Waals surface area contributed by atoms with Gasteiger partial charge in [0.1, 0.15) is 6.61 Å². The van der Waals surface area contributed by atoms with Crippen molar-refractivity contribution < 1.29 is 18.6 Å². The van der Waals surface area contributed by atoms with Crippen LogP contribution in [0.4, 0.5) is 8.78 Å². The van der Waals surface area contributed by atoms with Gasteiger partial charge in [-0.05, 0) is 0 Å². The van der Waals surface area contributed by atoms with Crippen LogP contribution in [0.25, 0.3) is 0 Å². The van der Waals surface area contributed by atoms with Crippen molar-refractivity contribution in [2.45, 2.75) is 11.5 Å². The molecule has 0 aromatic carbocycles. The summed E-state index contributed by atoms with van der Waals surface area (Å²) in [6.45, 7) is -0.976. The minimum Gasteiger partial charge on any atom is -0.390 e. The molecule has 2 N–H and O–H groups in total. The first kappa shape index (κ1) is 12.0. The van der Waals surface area contributed by atoms with E-state index in [1.54, 1.807) is 0 Å². The molecule has 0 radical (unpaired) electrons. The highest BCUT2D eigenvalue weighted by Crippen LogP contribution is 2.34. The van der Waals surface area contributed by atoms with Crippen LogP contribution in [-0.4, -0.2) is 43.4 Å². The van der Waals surface area contributed by atoms with Crippen molar-refractivity contribution in [1.29, 1.82) is 0 Å². The van der Waals surface area contributed by atoms with E-state index < -0.39 is 18.1 Å². The van der Waals surface area contributed by atoms with Crippen molar-refractivity contribution >= 4 is 12.4 Å².